The maximum absolute atomic E-state index is 13.5. The van der Waals surface area contributed by atoms with E-state index in [1.54, 1.807) is 14.2 Å². The summed E-state index contributed by atoms with van der Waals surface area (Å²) in [5, 5.41) is 0. The van der Waals surface area contributed by atoms with Gasteiger partial charge in [0.15, 0.2) is 5.78 Å². The predicted molar refractivity (Wildman–Crippen MR) is 127 cm³/mol. The SMILES string of the molecule is COc1ccc(C=C2C(=O)C(=Cc3ccc(OC)c(Br)c3)C3CCC2N3C)cc1Br. The van der Waals surface area contributed by atoms with Crippen LogP contribution in [0.4, 0.5) is 0 Å². The van der Waals surface area contributed by atoms with E-state index >= 15 is 0 Å². The average Bonchev–Trinajstić information content (AvgIpc) is 3.04. The van der Waals surface area contributed by atoms with Crippen molar-refractivity contribution in [3.63, 3.8) is 0 Å². The number of hydrogen-bond donors (Lipinski definition) is 0. The molecule has 0 spiro atoms. The van der Waals surface area contributed by atoms with Crippen LogP contribution in [-0.4, -0.2) is 44.0 Å². The highest BCUT2D eigenvalue weighted by molar-refractivity contribution is 9.10. The van der Waals surface area contributed by atoms with Crippen LogP contribution in [-0.2, 0) is 4.79 Å². The molecule has 2 fully saturated rings. The van der Waals surface area contributed by atoms with Crippen LogP contribution >= 0.6 is 31.9 Å². The Hall–Kier alpha value is -1.89. The van der Waals surface area contributed by atoms with Gasteiger partial charge < -0.3 is 9.47 Å². The normalized spacial score (nSPS) is 24.0. The van der Waals surface area contributed by atoms with Crippen molar-refractivity contribution in [1.29, 1.82) is 0 Å². The number of nitrogens with zero attached hydrogens (tertiary/aromatic N) is 1. The Bertz CT molecular complexity index is 979. The minimum Gasteiger partial charge on any atom is -0.496 e. The molecule has 4 nitrogen and oxygen atoms in total. The van der Waals surface area contributed by atoms with Crippen molar-refractivity contribution >= 4 is 49.8 Å². The fourth-order valence-electron chi connectivity index (χ4n) is 4.39. The number of likely N-dealkylation sites (N-methyl/N-ethyl adjacent to an activating group) is 1. The minimum atomic E-state index is 0.138. The van der Waals surface area contributed by atoms with Crippen molar-refractivity contribution in [3.8, 4) is 11.5 Å². The molecule has 2 atom stereocenters. The van der Waals surface area contributed by atoms with Crippen LogP contribution in [0.1, 0.15) is 24.0 Å². The standard InChI is InChI=1S/C24H23Br2NO3/c1-27-20-6-7-21(27)17(11-15-5-9-23(30-3)19(26)13-15)24(28)16(20)10-14-4-8-22(29-2)18(25)12-14/h4-5,8-13,20-21H,6-7H2,1-3H3. The van der Waals surface area contributed by atoms with E-state index in [0.29, 0.717) is 0 Å². The van der Waals surface area contributed by atoms with Gasteiger partial charge in [-0.3, -0.25) is 9.69 Å². The number of methoxy groups -OCH3 is 2. The monoisotopic (exact) mass is 531 g/mol. The Morgan fingerprint density at radius 2 is 1.30 bits per heavy atom. The number of ether oxygens (including phenoxy) is 2. The molecule has 2 aromatic rings. The molecule has 30 heavy (non-hydrogen) atoms. The van der Waals surface area contributed by atoms with Gasteiger partial charge in [-0.1, -0.05) is 12.1 Å². The third kappa shape index (κ3) is 3.88. The Balaban J connectivity index is 1.74. The number of halogens is 2. The molecule has 2 saturated heterocycles. The van der Waals surface area contributed by atoms with Gasteiger partial charge in [-0.25, -0.2) is 0 Å². The third-order valence-electron chi connectivity index (χ3n) is 5.94. The van der Waals surface area contributed by atoms with Crippen LogP contribution in [0.3, 0.4) is 0 Å². The Morgan fingerprint density at radius 3 is 1.67 bits per heavy atom. The summed E-state index contributed by atoms with van der Waals surface area (Å²) in [5.41, 5.74) is 3.66. The van der Waals surface area contributed by atoms with E-state index in [-0.39, 0.29) is 17.9 Å². The average molecular weight is 533 g/mol. The first kappa shape index (κ1) is 21.3. The molecule has 0 N–H and O–H groups in total. The molecular formula is C24H23Br2NO3. The van der Waals surface area contributed by atoms with E-state index < -0.39 is 0 Å². The number of ketones is 1. The van der Waals surface area contributed by atoms with Crippen molar-refractivity contribution in [3.05, 3.63) is 67.6 Å². The van der Waals surface area contributed by atoms with Gasteiger partial charge in [0.25, 0.3) is 0 Å². The Labute approximate surface area is 193 Å². The highest BCUT2D eigenvalue weighted by Crippen LogP contribution is 2.41. The summed E-state index contributed by atoms with van der Waals surface area (Å²) in [6.07, 6.45) is 6.01. The van der Waals surface area contributed by atoms with Gasteiger partial charge in [0.1, 0.15) is 11.5 Å². The van der Waals surface area contributed by atoms with Gasteiger partial charge >= 0.3 is 0 Å². The number of carbonyl (C=O) groups excluding carboxylic acids is 1. The van der Waals surface area contributed by atoms with Crippen LogP contribution in [0, 0.1) is 0 Å². The lowest BCUT2D eigenvalue weighted by molar-refractivity contribution is -0.114. The molecule has 0 saturated carbocycles. The number of benzene rings is 2. The lowest BCUT2D eigenvalue weighted by Gasteiger charge is -2.34. The topological polar surface area (TPSA) is 38.8 Å². The second-order valence-corrected chi connectivity index (χ2v) is 9.30. The molecule has 2 bridgehead atoms. The quantitative estimate of drug-likeness (QED) is 0.470. The van der Waals surface area contributed by atoms with E-state index in [9.17, 15) is 4.79 Å². The number of hydrogen-bond acceptors (Lipinski definition) is 4. The van der Waals surface area contributed by atoms with Crippen LogP contribution in [0.25, 0.3) is 12.2 Å². The summed E-state index contributed by atoms with van der Waals surface area (Å²) in [5.74, 6) is 1.69. The van der Waals surface area contributed by atoms with Crippen LogP contribution in [0.5, 0.6) is 11.5 Å². The van der Waals surface area contributed by atoms with Crippen molar-refractivity contribution < 1.29 is 14.3 Å². The Kier molecular flexibility index (Phi) is 6.19. The second-order valence-electron chi connectivity index (χ2n) is 7.59. The highest BCUT2D eigenvalue weighted by Gasteiger charge is 2.44. The number of carbonyl (C=O) groups is 1. The van der Waals surface area contributed by atoms with Gasteiger partial charge in [-0.2, -0.15) is 0 Å². The molecule has 2 aliphatic rings. The molecule has 6 heteroatoms. The largest absolute Gasteiger partial charge is 0.496 e. The smallest absolute Gasteiger partial charge is 0.188 e. The van der Waals surface area contributed by atoms with E-state index in [0.717, 1.165) is 55.6 Å². The number of piperidine rings is 1. The van der Waals surface area contributed by atoms with Crippen LogP contribution in [0.15, 0.2) is 56.5 Å². The highest BCUT2D eigenvalue weighted by atomic mass is 79.9. The fraction of sp³-hybridized carbons (Fsp3) is 0.292. The number of Topliss-reactive ketones (excluding diaryl/α,β-unsaturated/α-hetero) is 1. The van der Waals surface area contributed by atoms with E-state index in [1.807, 2.05) is 48.6 Å². The summed E-state index contributed by atoms with van der Waals surface area (Å²) in [7, 11) is 5.40. The summed E-state index contributed by atoms with van der Waals surface area (Å²) >= 11 is 7.08. The summed E-state index contributed by atoms with van der Waals surface area (Å²) in [4.78, 5) is 15.9. The zero-order valence-electron chi connectivity index (χ0n) is 17.1. The van der Waals surface area contributed by atoms with Crippen LogP contribution in [0.2, 0.25) is 0 Å². The molecule has 0 radical (unpaired) electrons. The molecule has 2 aliphatic heterocycles. The summed E-state index contributed by atoms with van der Waals surface area (Å²) in [6, 6.07) is 12.1. The summed E-state index contributed by atoms with van der Waals surface area (Å²) < 4.78 is 12.4. The Morgan fingerprint density at radius 1 is 0.867 bits per heavy atom. The zero-order chi connectivity index (χ0) is 21.4. The maximum atomic E-state index is 13.5. The van der Waals surface area contributed by atoms with E-state index in [2.05, 4.69) is 43.8 Å². The molecule has 0 aromatic heterocycles. The van der Waals surface area contributed by atoms with Crippen molar-refractivity contribution in [1.82, 2.24) is 4.90 Å². The summed E-state index contributed by atoms with van der Waals surface area (Å²) in [6.45, 7) is 0. The second kappa shape index (κ2) is 8.69. The molecular weight excluding hydrogens is 510 g/mol. The first-order valence-corrected chi connectivity index (χ1v) is 11.4. The molecule has 2 aromatic carbocycles. The molecule has 2 heterocycles. The first-order valence-electron chi connectivity index (χ1n) is 9.80. The van der Waals surface area contributed by atoms with Gasteiger partial charge in [0, 0.05) is 23.2 Å². The van der Waals surface area contributed by atoms with Crippen molar-refractivity contribution in [2.24, 2.45) is 0 Å². The lowest BCUT2D eigenvalue weighted by atomic mass is 9.88. The minimum absolute atomic E-state index is 0.138. The lowest BCUT2D eigenvalue weighted by Crippen LogP contribution is -2.43. The van der Waals surface area contributed by atoms with Gasteiger partial charge in [-0.05, 0) is 99.3 Å². The van der Waals surface area contributed by atoms with Gasteiger partial charge in [0.05, 0.1) is 23.2 Å². The van der Waals surface area contributed by atoms with Gasteiger partial charge in [-0.15, -0.1) is 0 Å². The van der Waals surface area contributed by atoms with Crippen molar-refractivity contribution in [2.45, 2.75) is 24.9 Å². The van der Waals surface area contributed by atoms with E-state index in [1.165, 1.54) is 0 Å². The molecule has 2 unspecified atom stereocenters. The molecule has 0 amide bonds. The van der Waals surface area contributed by atoms with Gasteiger partial charge in [0.2, 0.25) is 0 Å². The molecule has 156 valence electrons. The molecule has 4 rings (SSSR count). The first-order chi connectivity index (χ1) is 14.4. The zero-order valence-corrected chi connectivity index (χ0v) is 20.3. The van der Waals surface area contributed by atoms with Crippen LogP contribution < -0.4 is 9.47 Å². The van der Waals surface area contributed by atoms with Crippen molar-refractivity contribution in [2.75, 3.05) is 21.3 Å². The fourth-order valence-corrected chi connectivity index (χ4v) is 5.50. The third-order valence-corrected chi connectivity index (χ3v) is 7.17. The molecule has 0 aliphatic carbocycles. The number of rotatable bonds is 4. The van der Waals surface area contributed by atoms with E-state index in [4.69, 9.17) is 9.47 Å². The number of fused-ring (bicyclic) bond motifs is 2. The maximum Gasteiger partial charge on any atom is 0.188 e. The predicted octanol–water partition coefficient (Wildman–Crippen LogP) is 5.74.